The Hall–Kier alpha value is -2.95. The van der Waals surface area contributed by atoms with Crippen molar-refractivity contribution in [3.63, 3.8) is 0 Å². The van der Waals surface area contributed by atoms with Crippen molar-refractivity contribution in [2.75, 3.05) is 0 Å². The van der Waals surface area contributed by atoms with Gasteiger partial charge in [-0.15, -0.1) is 0 Å². The zero-order valence-corrected chi connectivity index (χ0v) is 15.7. The molecule has 2 aromatic carbocycles. The van der Waals surface area contributed by atoms with E-state index in [0.29, 0.717) is 16.5 Å². The van der Waals surface area contributed by atoms with E-state index in [2.05, 4.69) is 0 Å². The summed E-state index contributed by atoms with van der Waals surface area (Å²) >= 11 is 0. The topological polar surface area (TPSA) is 50.5 Å². The smallest absolute Gasteiger partial charge is 0.228 e. The van der Waals surface area contributed by atoms with Crippen molar-refractivity contribution >= 4 is 16.9 Å². The van der Waals surface area contributed by atoms with Crippen LogP contribution in [0.1, 0.15) is 31.9 Å². The van der Waals surface area contributed by atoms with E-state index in [1.54, 1.807) is 41.3 Å². The van der Waals surface area contributed by atoms with Crippen molar-refractivity contribution in [2.24, 2.45) is 5.41 Å². The van der Waals surface area contributed by atoms with Crippen LogP contribution in [0.3, 0.4) is 0 Å². The van der Waals surface area contributed by atoms with E-state index < -0.39 is 5.41 Å². The highest BCUT2D eigenvalue weighted by Crippen LogP contribution is 2.21. The Balaban J connectivity index is 1.96. The molecule has 1 heterocycles. The summed E-state index contributed by atoms with van der Waals surface area (Å²) in [5.41, 5.74) is 0.950. The van der Waals surface area contributed by atoms with Crippen molar-refractivity contribution in [1.82, 2.24) is 4.90 Å². The summed E-state index contributed by atoms with van der Waals surface area (Å²) in [6, 6.07) is 13.0. The second kappa shape index (κ2) is 7.35. The van der Waals surface area contributed by atoms with Crippen LogP contribution in [0, 0.1) is 11.2 Å². The molecule has 0 bridgehead atoms. The average Bonchev–Trinajstić information content (AvgIpc) is 2.64. The first-order valence-electron chi connectivity index (χ1n) is 8.79. The first-order chi connectivity index (χ1) is 12.8. The van der Waals surface area contributed by atoms with Gasteiger partial charge in [0, 0.05) is 12.0 Å². The molecule has 140 valence electrons. The standard InChI is InChI=1S/C22H22FNO3/c1-22(2,3)21(26)24(12-15-8-10-17(23)11-9-15)13-16-14-27-19-7-5-4-6-18(19)20(16)25/h4-11,14H,12-13H2,1-3H3. The lowest BCUT2D eigenvalue weighted by atomic mass is 9.94. The van der Waals surface area contributed by atoms with Gasteiger partial charge in [-0.25, -0.2) is 4.39 Å². The third kappa shape index (κ3) is 4.25. The van der Waals surface area contributed by atoms with Gasteiger partial charge in [-0.2, -0.15) is 0 Å². The van der Waals surface area contributed by atoms with Gasteiger partial charge in [0.1, 0.15) is 11.4 Å². The summed E-state index contributed by atoms with van der Waals surface area (Å²) in [7, 11) is 0. The second-order valence-corrected chi connectivity index (χ2v) is 7.62. The maximum Gasteiger partial charge on any atom is 0.228 e. The number of nitrogens with zero attached hydrogens (tertiary/aromatic N) is 1. The van der Waals surface area contributed by atoms with Crippen molar-refractivity contribution in [1.29, 1.82) is 0 Å². The predicted octanol–water partition coefficient (Wildman–Crippen LogP) is 4.51. The maximum absolute atomic E-state index is 13.2. The molecule has 0 N–H and O–H groups in total. The van der Waals surface area contributed by atoms with Gasteiger partial charge in [0.2, 0.25) is 5.91 Å². The van der Waals surface area contributed by atoms with Crippen LogP contribution in [-0.2, 0) is 17.9 Å². The molecule has 0 spiro atoms. The number of para-hydroxylation sites is 1. The van der Waals surface area contributed by atoms with E-state index in [4.69, 9.17) is 4.42 Å². The van der Waals surface area contributed by atoms with E-state index in [-0.39, 0.29) is 30.2 Å². The molecule has 0 unspecified atom stereocenters. The maximum atomic E-state index is 13.2. The second-order valence-electron chi connectivity index (χ2n) is 7.62. The molecule has 0 aliphatic carbocycles. The Kier molecular flexibility index (Phi) is 5.13. The fraction of sp³-hybridized carbons (Fsp3) is 0.273. The molecule has 0 radical (unpaired) electrons. The first-order valence-corrected chi connectivity index (χ1v) is 8.79. The number of fused-ring (bicyclic) bond motifs is 1. The molecule has 27 heavy (non-hydrogen) atoms. The highest BCUT2D eigenvalue weighted by atomic mass is 19.1. The van der Waals surface area contributed by atoms with Gasteiger partial charge in [0.25, 0.3) is 0 Å². The molecular weight excluding hydrogens is 345 g/mol. The zero-order valence-electron chi connectivity index (χ0n) is 15.7. The largest absolute Gasteiger partial charge is 0.464 e. The van der Waals surface area contributed by atoms with E-state index in [1.807, 2.05) is 20.8 Å². The summed E-state index contributed by atoms with van der Waals surface area (Å²) in [4.78, 5) is 27.3. The quantitative estimate of drug-likeness (QED) is 0.682. The summed E-state index contributed by atoms with van der Waals surface area (Å²) in [6.07, 6.45) is 1.41. The lowest BCUT2D eigenvalue weighted by molar-refractivity contribution is -0.140. The summed E-state index contributed by atoms with van der Waals surface area (Å²) < 4.78 is 18.8. The molecule has 0 aliphatic heterocycles. The van der Waals surface area contributed by atoms with Gasteiger partial charge in [-0.1, -0.05) is 45.0 Å². The minimum absolute atomic E-state index is 0.0978. The zero-order chi connectivity index (χ0) is 19.6. The Morgan fingerprint density at radius 2 is 1.70 bits per heavy atom. The van der Waals surface area contributed by atoms with Gasteiger partial charge >= 0.3 is 0 Å². The molecule has 0 fully saturated rings. The average molecular weight is 367 g/mol. The van der Waals surface area contributed by atoms with Crippen molar-refractivity contribution in [2.45, 2.75) is 33.9 Å². The number of amides is 1. The summed E-state index contributed by atoms with van der Waals surface area (Å²) in [6.45, 7) is 5.89. The number of carbonyl (C=O) groups excluding carboxylic acids is 1. The van der Waals surface area contributed by atoms with Crippen LogP contribution in [-0.4, -0.2) is 10.8 Å². The molecule has 3 rings (SSSR count). The number of benzene rings is 2. The lowest BCUT2D eigenvalue weighted by Gasteiger charge is -2.29. The van der Waals surface area contributed by atoms with Crippen molar-refractivity contribution in [3.05, 3.63) is 82.0 Å². The van der Waals surface area contributed by atoms with Crippen LogP contribution in [0.25, 0.3) is 11.0 Å². The van der Waals surface area contributed by atoms with Crippen LogP contribution < -0.4 is 5.43 Å². The van der Waals surface area contributed by atoms with Gasteiger partial charge in [0.15, 0.2) is 5.43 Å². The molecular formula is C22H22FNO3. The monoisotopic (exact) mass is 367 g/mol. The normalized spacial score (nSPS) is 11.6. The van der Waals surface area contributed by atoms with Crippen LogP contribution in [0.15, 0.2) is 64.0 Å². The lowest BCUT2D eigenvalue weighted by Crippen LogP contribution is -2.39. The van der Waals surface area contributed by atoms with E-state index >= 15 is 0 Å². The van der Waals surface area contributed by atoms with Gasteiger partial charge < -0.3 is 9.32 Å². The fourth-order valence-electron chi connectivity index (χ4n) is 2.92. The molecule has 4 nitrogen and oxygen atoms in total. The fourth-order valence-corrected chi connectivity index (χ4v) is 2.92. The minimum atomic E-state index is -0.614. The molecule has 5 heteroatoms. The molecule has 0 aliphatic rings. The predicted molar refractivity (Wildman–Crippen MR) is 103 cm³/mol. The Morgan fingerprint density at radius 3 is 2.37 bits per heavy atom. The number of carbonyl (C=O) groups is 1. The third-order valence-corrected chi connectivity index (χ3v) is 4.33. The molecule has 0 saturated carbocycles. The van der Waals surface area contributed by atoms with Gasteiger partial charge in [0.05, 0.1) is 23.8 Å². The molecule has 3 aromatic rings. The van der Waals surface area contributed by atoms with Crippen molar-refractivity contribution in [3.8, 4) is 0 Å². The van der Waals surface area contributed by atoms with Crippen LogP contribution >= 0.6 is 0 Å². The highest BCUT2D eigenvalue weighted by molar-refractivity contribution is 5.82. The number of hydrogen-bond donors (Lipinski definition) is 0. The SMILES string of the molecule is CC(C)(C)C(=O)N(Cc1ccc(F)cc1)Cc1coc2ccccc2c1=O. The minimum Gasteiger partial charge on any atom is -0.464 e. The molecule has 1 aromatic heterocycles. The number of rotatable bonds is 4. The van der Waals surface area contributed by atoms with E-state index in [1.165, 1.54) is 18.4 Å². The molecule has 0 atom stereocenters. The van der Waals surface area contributed by atoms with E-state index in [0.717, 1.165) is 5.56 Å². The summed E-state index contributed by atoms with van der Waals surface area (Å²) in [5.74, 6) is -0.429. The highest BCUT2D eigenvalue weighted by Gasteiger charge is 2.28. The van der Waals surface area contributed by atoms with Gasteiger partial charge in [-0.05, 0) is 29.8 Å². The van der Waals surface area contributed by atoms with Crippen LogP contribution in [0.4, 0.5) is 4.39 Å². The first kappa shape index (κ1) is 18.8. The van der Waals surface area contributed by atoms with Crippen LogP contribution in [0.5, 0.6) is 0 Å². The Labute approximate surface area is 157 Å². The Morgan fingerprint density at radius 1 is 1.04 bits per heavy atom. The molecule has 1 amide bonds. The molecule has 0 saturated heterocycles. The van der Waals surface area contributed by atoms with Crippen molar-refractivity contribution < 1.29 is 13.6 Å². The number of halogens is 1. The van der Waals surface area contributed by atoms with Crippen LogP contribution in [0.2, 0.25) is 0 Å². The Bertz CT molecular complexity index is 1020. The third-order valence-electron chi connectivity index (χ3n) is 4.33. The summed E-state index contributed by atoms with van der Waals surface area (Å²) in [5, 5.41) is 0.486. The van der Waals surface area contributed by atoms with Gasteiger partial charge in [-0.3, -0.25) is 9.59 Å². The number of hydrogen-bond acceptors (Lipinski definition) is 3. The van der Waals surface area contributed by atoms with E-state index in [9.17, 15) is 14.0 Å².